The van der Waals surface area contributed by atoms with Crippen molar-refractivity contribution < 1.29 is 13.9 Å². The maximum atomic E-state index is 6.45. The zero-order valence-electron chi connectivity index (χ0n) is 14.9. The number of alkyl halides is 1. The third kappa shape index (κ3) is 4.65. The first kappa shape index (κ1) is 19.4. The summed E-state index contributed by atoms with van der Waals surface area (Å²) in [4.78, 5) is 0. The Hall–Kier alpha value is -0.683. The van der Waals surface area contributed by atoms with Gasteiger partial charge < -0.3 is 13.9 Å². The molecule has 0 fully saturated rings. The van der Waals surface area contributed by atoms with Gasteiger partial charge in [0.05, 0.1) is 14.2 Å². The highest BCUT2D eigenvalue weighted by atomic mass is 79.9. The van der Waals surface area contributed by atoms with Crippen LogP contribution in [-0.2, 0) is 6.42 Å². The van der Waals surface area contributed by atoms with Crippen molar-refractivity contribution in [3.05, 3.63) is 17.7 Å². The molecule has 0 saturated carbocycles. The van der Waals surface area contributed by atoms with E-state index in [4.69, 9.17) is 13.9 Å². The van der Waals surface area contributed by atoms with Crippen LogP contribution < -0.4 is 13.9 Å². The molecule has 0 spiro atoms. The van der Waals surface area contributed by atoms with Crippen molar-refractivity contribution in [3.63, 3.8) is 0 Å². The number of hydrogen-bond acceptors (Lipinski definition) is 3. The third-order valence-electron chi connectivity index (χ3n) is 4.28. The summed E-state index contributed by atoms with van der Waals surface area (Å²) in [5, 5.41) is 1.11. The van der Waals surface area contributed by atoms with Crippen molar-refractivity contribution in [1.82, 2.24) is 0 Å². The maximum Gasteiger partial charge on any atom is 0.250 e. The van der Waals surface area contributed by atoms with Crippen LogP contribution in [0.2, 0.25) is 18.1 Å². The topological polar surface area (TPSA) is 27.7 Å². The Bertz CT molecular complexity index is 470. The molecular weight excluding hydrogens is 360 g/mol. The molecular formula is C17H29BrO3Si. The highest BCUT2D eigenvalue weighted by Crippen LogP contribution is 2.45. The standard InChI is InChI=1S/C17H29BrO3Si/c1-17(2,3)22(6,7)21-16-14(19-4)11-13(9-8-10-18)12-15(16)20-5/h11-12H,8-10H2,1-7H3. The minimum atomic E-state index is -1.95. The average Bonchev–Trinajstić information content (AvgIpc) is 2.44. The van der Waals surface area contributed by atoms with Crippen molar-refractivity contribution in [1.29, 1.82) is 0 Å². The number of hydrogen-bond donors (Lipinski definition) is 0. The van der Waals surface area contributed by atoms with E-state index in [1.165, 1.54) is 5.56 Å². The molecule has 0 bridgehead atoms. The molecule has 0 radical (unpaired) electrons. The monoisotopic (exact) mass is 388 g/mol. The first-order valence-electron chi connectivity index (χ1n) is 7.66. The second-order valence-electron chi connectivity index (χ2n) is 6.98. The second-order valence-corrected chi connectivity index (χ2v) is 12.5. The summed E-state index contributed by atoms with van der Waals surface area (Å²) < 4.78 is 17.6. The van der Waals surface area contributed by atoms with E-state index in [-0.39, 0.29) is 5.04 Å². The molecule has 0 saturated heterocycles. The lowest BCUT2D eigenvalue weighted by atomic mass is 10.1. The Labute approximate surface area is 144 Å². The third-order valence-corrected chi connectivity index (χ3v) is 9.17. The minimum absolute atomic E-state index is 0.123. The number of halogens is 1. The quantitative estimate of drug-likeness (QED) is 0.461. The van der Waals surface area contributed by atoms with E-state index in [1.54, 1.807) is 14.2 Å². The smallest absolute Gasteiger partial charge is 0.250 e. The summed E-state index contributed by atoms with van der Waals surface area (Å²) in [6.07, 6.45) is 2.06. The first-order valence-corrected chi connectivity index (χ1v) is 11.7. The fourth-order valence-electron chi connectivity index (χ4n) is 1.86. The fraction of sp³-hybridized carbons (Fsp3) is 0.647. The van der Waals surface area contributed by atoms with Gasteiger partial charge in [-0.15, -0.1) is 0 Å². The molecule has 0 atom stereocenters. The molecule has 0 N–H and O–H groups in total. The Morgan fingerprint density at radius 1 is 1.05 bits per heavy atom. The number of rotatable bonds is 7. The Balaban J connectivity index is 3.23. The van der Waals surface area contributed by atoms with E-state index < -0.39 is 8.32 Å². The lowest BCUT2D eigenvalue weighted by Crippen LogP contribution is -2.44. The Kier molecular flexibility index (Phi) is 6.80. The fourth-order valence-corrected chi connectivity index (χ4v) is 3.16. The predicted molar refractivity (Wildman–Crippen MR) is 99.5 cm³/mol. The Morgan fingerprint density at radius 3 is 1.91 bits per heavy atom. The van der Waals surface area contributed by atoms with Gasteiger partial charge in [0, 0.05) is 5.33 Å². The van der Waals surface area contributed by atoms with E-state index in [9.17, 15) is 0 Å². The summed E-state index contributed by atoms with van der Waals surface area (Å²) in [6, 6.07) is 4.13. The van der Waals surface area contributed by atoms with Crippen LogP contribution in [-0.4, -0.2) is 27.9 Å². The number of methoxy groups -OCH3 is 2. The van der Waals surface area contributed by atoms with Gasteiger partial charge >= 0.3 is 0 Å². The van der Waals surface area contributed by atoms with Crippen molar-refractivity contribution in [2.45, 2.75) is 51.7 Å². The minimum Gasteiger partial charge on any atom is -0.539 e. The Morgan fingerprint density at radius 2 is 1.55 bits per heavy atom. The van der Waals surface area contributed by atoms with E-state index in [0.29, 0.717) is 0 Å². The first-order chi connectivity index (χ1) is 10.2. The van der Waals surface area contributed by atoms with Gasteiger partial charge in [-0.25, -0.2) is 0 Å². The average molecular weight is 389 g/mol. The van der Waals surface area contributed by atoms with Crippen LogP contribution in [0.5, 0.6) is 17.2 Å². The van der Waals surface area contributed by atoms with Gasteiger partial charge in [-0.05, 0) is 48.7 Å². The van der Waals surface area contributed by atoms with Crippen LogP contribution in [0.4, 0.5) is 0 Å². The van der Waals surface area contributed by atoms with Crippen molar-refractivity contribution >= 4 is 24.2 Å². The maximum absolute atomic E-state index is 6.45. The lowest BCUT2D eigenvalue weighted by Gasteiger charge is -2.37. The van der Waals surface area contributed by atoms with Crippen molar-refractivity contribution in [2.75, 3.05) is 19.5 Å². The van der Waals surface area contributed by atoms with Gasteiger partial charge in [-0.3, -0.25) is 0 Å². The van der Waals surface area contributed by atoms with Gasteiger partial charge in [0.2, 0.25) is 0 Å². The highest BCUT2D eigenvalue weighted by molar-refractivity contribution is 9.09. The molecule has 5 heteroatoms. The summed E-state index contributed by atoms with van der Waals surface area (Å²) >= 11 is 3.47. The highest BCUT2D eigenvalue weighted by Gasteiger charge is 2.40. The van der Waals surface area contributed by atoms with Gasteiger partial charge in [-0.2, -0.15) is 0 Å². The number of benzene rings is 1. The van der Waals surface area contributed by atoms with E-state index in [2.05, 4.69) is 61.9 Å². The molecule has 0 aliphatic carbocycles. The van der Waals surface area contributed by atoms with Crippen LogP contribution in [0.25, 0.3) is 0 Å². The van der Waals surface area contributed by atoms with E-state index in [1.807, 2.05) is 0 Å². The van der Waals surface area contributed by atoms with Crippen LogP contribution in [0.3, 0.4) is 0 Å². The SMILES string of the molecule is COc1cc(CCCBr)cc(OC)c1O[Si](C)(C)C(C)(C)C. The summed E-state index contributed by atoms with van der Waals surface area (Å²) in [6.45, 7) is 11.1. The number of ether oxygens (including phenoxy) is 2. The molecule has 126 valence electrons. The lowest BCUT2D eigenvalue weighted by molar-refractivity contribution is 0.353. The normalized spacial score (nSPS) is 12.2. The van der Waals surface area contributed by atoms with Crippen LogP contribution >= 0.6 is 15.9 Å². The summed E-state index contributed by atoms with van der Waals surface area (Å²) in [5.74, 6) is 2.25. The summed E-state index contributed by atoms with van der Waals surface area (Å²) in [7, 11) is 1.41. The van der Waals surface area contributed by atoms with Gasteiger partial charge in [-0.1, -0.05) is 36.7 Å². The van der Waals surface area contributed by atoms with Crippen LogP contribution in [0, 0.1) is 0 Å². The van der Waals surface area contributed by atoms with Crippen molar-refractivity contribution in [3.8, 4) is 17.2 Å². The van der Waals surface area contributed by atoms with Crippen LogP contribution in [0.15, 0.2) is 12.1 Å². The molecule has 0 amide bonds. The molecule has 1 aromatic carbocycles. The zero-order chi connectivity index (χ0) is 17.0. The molecule has 0 unspecified atom stereocenters. The molecule has 0 aliphatic heterocycles. The van der Waals surface area contributed by atoms with Gasteiger partial charge in [0.25, 0.3) is 8.32 Å². The van der Waals surface area contributed by atoms with Crippen molar-refractivity contribution in [2.24, 2.45) is 0 Å². The number of aryl methyl sites for hydroxylation is 1. The summed E-state index contributed by atoms with van der Waals surface area (Å²) in [5.41, 5.74) is 1.20. The predicted octanol–water partition coefficient (Wildman–Crippen LogP) is 5.42. The van der Waals surface area contributed by atoms with Gasteiger partial charge in [0.1, 0.15) is 0 Å². The molecule has 0 heterocycles. The van der Waals surface area contributed by atoms with E-state index >= 15 is 0 Å². The zero-order valence-corrected chi connectivity index (χ0v) is 17.5. The van der Waals surface area contributed by atoms with Gasteiger partial charge in [0.15, 0.2) is 17.2 Å². The molecule has 0 aliphatic rings. The molecule has 3 nitrogen and oxygen atoms in total. The second kappa shape index (κ2) is 7.73. The molecule has 22 heavy (non-hydrogen) atoms. The molecule has 0 aromatic heterocycles. The van der Waals surface area contributed by atoms with Crippen LogP contribution in [0.1, 0.15) is 32.8 Å². The molecule has 1 aromatic rings. The van der Waals surface area contributed by atoms with E-state index in [0.717, 1.165) is 35.4 Å². The largest absolute Gasteiger partial charge is 0.539 e. The molecule has 1 rings (SSSR count).